The van der Waals surface area contributed by atoms with Crippen molar-refractivity contribution in [1.29, 1.82) is 0 Å². The van der Waals surface area contributed by atoms with E-state index < -0.39 is 5.97 Å². The van der Waals surface area contributed by atoms with Gasteiger partial charge in [0.1, 0.15) is 0 Å². The lowest BCUT2D eigenvalue weighted by atomic mass is 10.0. The fourth-order valence-electron chi connectivity index (χ4n) is 1.38. The van der Waals surface area contributed by atoms with Gasteiger partial charge in [0, 0.05) is 6.42 Å². The molecule has 1 aromatic rings. The van der Waals surface area contributed by atoms with Crippen LogP contribution in [0.3, 0.4) is 0 Å². The first-order valence-corrected chi connectivity index (χ1v) is 5.51. The summed E-state index contributed by atoms with van der Waals surface area (Å²) in [6, 6.07) is 8.01. The molecule has 15 heavy (non-hydrogen) atoms. The Morgan fingerprint density at radius 2 is 2.00 bits per heavy atom. The van der Waals surface area contributed by atoms with Crippen LogP contribution in [0.2, 0.25) is 0 Å². The summed E-state index contributed by atoms with van der Waals surface area (Å²) < 4.78 is 0. The number of carboxylic acids is 1. The first-order chi connectivity index (χ1) is 7.13. The van der Waals surface area contributed by atoms with Crippen molar-refractivity contribution in [2.45, 2.75) is 31.6 Å². The predicted molar refractivity (Wildman–Crippen MR) is 61.3 cm³/mol. The third kappa shape index (κ3) is 3.92. The number of aryl methyl sites for hydroxylation is 1. The van der Waals surface area contributed by atoms with Crippen LogP contribution in [0.4, 0.5) is 0 Å². The molecule has 0 aromatic heterocycles. The van der Waals surface area contributed by atoms with Gasteiger partial charge >= 0.3 is 5.97 Å². The van der Waals surface area contributed by atoms with Gasteiger partial charge in [0.15, 0.2) is 0 Å². The van der Waals surface area contributed by atoms with Crippen molar-refractivity contribution in [3.05, 3.63) is 35.4 Å². The topological polar surface area (TPSA) is 37.3 Å². The van der Waals surface area contributed by atoms with E-state index in [0.29, 0.717) is 6.42 Å². The molecule has 1 aromatic carbocycles. The number of rotatable bonds is 5. The number of hydrogen-bond donors (Lipinski definition) is 1. The summed E-state index contributed by atoms with van der Waals surface area (Å²) in [7, 11) is 0. The minimum atomic E-state index is -0.800. The second kappa shape index (κ2) is 5.76. The van der Waals surface area contributed by atoms with Crippen molar-refractivity contribution in [2.75, 3.05) is 0 Å². The maximum atomic E-state index is 10.4. The molecule has 2 nitrogen and oxygen atoms in total. The highest BCUT2D eigenvalue weighted by molar-refractivity contribution is 6.20. The molecule has 0 aliphatic carbocycles. The number of hydrogen-bond acceptors (Lipinski definition) is 1. The summed E-state index contributed by atoms with van der Waals surface area (Å²) in [6.45, 7) is 2.09. The van der Waals surface area contributed by atoms with Crippen LogP contribution in [-0.2, 0) is 11.2 Å². The Balaban J connectivity index is 2.57. The van der Waals surface area contributed by atoms with Gasteiger partial charge in [-0.1, -0.05) is 31.2 Å². The summed E-state index contributed by atoms with van der Waals surface area (Å²) in [5.41, 5.74) is 2.26. The Hall–Kier alpha value is -1.02. The molecule has 1 N–H and O–H groups in total. The lowest BCUT2D eigenvalue weighted by Crippen LogP contribution is -1.98. The number of benzene rings is 1. The predicted octanol–water partition coefficient (Wildman–Crippen LogP) is 3.39. The maximum Gasteiger partial charge on any atom is 0.303 e. The van der Waals surface area contributed by atoms with Crippen molar-refractivity contribution in [3.63, 3.8) is 0 Å². The van der Waals surface area contributed by atoms with Crippen molar-refractivity contribution < 1.29 is 9.90 Å². The van der Waals surface area contributed by atoms with Gasteiger partial charge in [-0.2, -0.15) is 0 Å². The molecule has 0 aliphatic heterocycles. The van der Waals surface area contributed by atoms with Crippen LogP contribution in [0.5, 0.6) is 0 Å². The molecule has 3 heteroatoms. The van der Waals surface area contributed by atoms with Crippen LogP contribution in [-0.4, -0.2) is 11.1 Å². The van der Waals surface area contributed by atoms with Gasteiger partial charge in [0.25, 0.3) is 0 Å². The lowest BCUT2D eigenvalue weighted by molar-refractivity contribution is -0.137. The molecule has 1 rings (SSSR count). The van der Waals surface area contributed by atoms with E-state index in [4.69, 9.17) is 16.7 Å². The number of halogens is 1. The van der Waals surface area contributed by atoms with Crippen molar-refractivity contribution in [3.8, 4) is 0 Å². The van der Waals surface area contributed by atoms with Gasteiger partial charge in [0.05, 0.1) is 5.38 Å². The first kappa shape index (κ1) is 12.1. The number of carboxylic acid groups (broad SMARTS) is 1. The Morgan fingerprint density at radius 3 is 2.47 bits per heavy atom. The van der Waals surface area contributed by atoms with Crippen LogP contribution in [0.15, 0.2) is 24.3 Å². The van der Waals surface area contributed by atoms with Crippen molar-refractivity contribution in [2.24, 2.45) is 0 Å². The summed E-state index contributed by atoms with van der Waals surface area (Å²) in [5, 5.41) is 8.33. The van der Waals surface area contributed by atoms with Crippen molar-refractivity contribution in [1.82, 2.24) is 0 Å². The highest BCUT2D eigenvalue weighted by Gasteiger charge is 2.09. The molecule has 0 heterocycles. The van der Waals surface area contributed by atoms with Gasteiger partial charge < -0.3 is 5.11 Å². The fraction of sp³-hybridized carbons (Fsp3) is 0.417. The zero-order valence-corrected chi connectivity index (χ0v) is 9.50. The van der Waals surface area contributed by atoms with E-state index in [1.54, 1.807) is 0 Å². The second-order valence-corrected chi connectivity index (χ2v) is 4.02. The van der Waals surface area contributed by atoms with E-state index in [1.807, 2.05) is 24.3 Å². The second-order valence-electron chi connectivity index (χ2n) is 3.50. The van der Waals surface area contributed by atoms with Crippen LogP contribution in [0.25, 0.3) is 0 Å². The van der Waals surface area contributed by atoms with Gasteiger partial charge in [-0.15, -0.1) is 11.6 Å². The SMILES string of the molecule is CCc1ccc(C(Cl)CCC(=O)O)cc1. The van der Waals surface area contributed by atoms with E-state index in [2.05, 4.69) is 6.92 Å². The van der Waals surface area contributed by atoms with E-state index in [0.717, 1.165) is 12.0 Å². The highest BCUT2D eigenvalue weighted by atomic mass is 35.5. The van der Waals surface area contributed by atoms with Crippen LogP contribution in [0, 0.1) is 0 Å². The molecule has 1 unspecified atom stereocenters. The molecule has 0 spiro atoms. The lowest BCUT2D eigenvalue weighted by Gasteiger charge is -2.08. The minimum Gasteiger partial charge on any atom is -0.481 e. The minimum absolute atomic E-state index is 0.115. The van der Waals surface area contributed by atoms with E-state index in [-0.39, 0.29) is 11.8 Å². The summed E-state index contributed by atoms with van der Waals surface area (Å²) in [6.07, 6.45) is 1.59. The summed E-state index contributed by atoms with van der Waals surface area (Å²) >= 11 is 6.08. The Kier molecular flexibility index (Phi) is 4.63. The third-order valence-corrected chi connectivity index (χ3v) is 2.83. The third-order valence-electron chi connectivity index (χ3n) is 2.36. The van der Waals surface area contributed by atoms with Crippen LogP contribution in [0.1, 0.15) is 36.3 Å². The molecular formula is C12H15ClO2. The molecule has 0 saturated carbocycles. The van der Waals surface area contributed by atoms with Crippen LogP contribution >= 0.6 is 11.6 Å². The van der Waals surface area contributed by atoms with Crippen LogP contribution < -0.4 is 0 Å². The standard InChI is InChI=1S/C12H15ClO2/c1-2-9-3-5-10(6-4-9)11(13)7-8-12(14)15/h3-6,11H,2,7-8H2,1H3,(H,14,15). The van der Waals surface area contributed by atoms with E-state index >= 15 is 0 Å². The number of carbonyl (C=O) groups is 1. The number of alkyl halides is 1. The van der Waals surface area contributed by atoms with Gasteiger partial charge in [-0.3, -0.25) is 4.79 Å². The molecule has 1 atom stereocenters. The molecular weight excluding hydrogens is 212 g/mol. The molecule has 0 aliphatic rings. The van der Waals surface area contributed by atoms with Gasteiger partial charge in [0.2, 0.25) is 0 Å². The largest absolute Gasteiger partial charge is 0.481 e. The molecule has 82 valence electrons. The molecule has 0 fully saturated rings. The molecule has 0 radical (unpaired) electrons. The molecule has 0 saturated heterocycles. The average molecular weight is 227 g/mol. The number of aliphatic carboxylic acids is 1. The monoisotopic (exact) mass is 226 g/mol. The summed E-state index contributed by atoms with van der Waals surface area (Å²) in [4.78, 5) is 10.4. The van der Waals surface area contributed by atoms with Gasteiger partial charge in [-0.05, 0) is 24.0 Å². The quantitative estimate of drug-likeness (QED) is 0.782. The maximum absolute atomic E-state index is 10.4. The normalized spacial score (nSPS) is 12.4. The smallest absolute Gasteiger partial charge is 0.303 e. The van der Waals surface area contributed by atoms with Gasteiger partial charge in [-0.25, -0.2) is 0 Å². The Bertz CT molecular complexity index is 319. The van der Waals surface area contributed by atoms with E-state index in [9.17, 15) is 4.79 Å². The zero-order chi connectivity index (χ0) is 11.3. The van der Waals surface area contributed by atoms with Crippen molar-refractivity contribution >= 4 is 17.6 Å². The molecule has 0 bridgehead atoms. The van der Waals surface area contributed by atoms with E-state index in [1.165, 1.54) is 5.56 Å². The Labute approximate surface area is 94.9 Å². The zero-order valence-electron chi connectivity index (χ0n) is 8.74. The summed E-state index contributed by atoms with van der Waals surface area (Å²) in [5.74, 6) is -0.800. The fourth-order valence-corrected chi connectivity index (χ4v) is 1.63. The first-order valence-electron chi connectivity index (χ1n) is 5.08. The average Bonchev–Trinajstić information content (AvgIpc) is 2.26. The Morgan fingerprint density at radius 1 is 1.40 bits per heavy atom. The highest BCUT2D eigenvalue weighted by Crippen LogP contribution is 2.25. The molecule has 0 amide bonds.